The van der Waals surface area contributed by atoms with Crippen molar-refractivity contribution in [2.45, 2.75) is 52.1 Å². The molecule has 0 spiro atoms. The Labute approximate surface area is 149 Å². The Morgan fingerprint density at radius 3 is 2.32 bits per heavy atom. The molecule has 0 bridgehead atoms. The third-order valence-corrected chi connectivity index (χ3v) is 4.73. The summed E-state index contributed by atoms with van der Waals surface area (Å²) >= 11 is 0. The first kappa shape index (κ1) is 19.1. The summed E-state index contributed by atoms with van der Waals surface area (Å²) in [5.74, 6) is 0.725. The molecule has 1 aromatic carbocycles. The fourth-order valence-electron chi connectivity index (χ4n) is 2.93. The maximum atomic E-state index is 12.5. The third-order valence-electron chi connectivity index (χ3n) is 4.73. The first-order valence-electron chi connectivity index (χ1n) is 8.68. The van der Waals surface area contributed by atoms with Crippen LogP contribution in [0.25, 0.3) is 0 Å². The van der Waals surface area contributed by atoms with Gasteiger partial charge in [0.25, 0.3) is 0 Å². The highest BCUT2D eigenvalue weighted by Crippen LogP contribution is 2.27. The molecule has 1 saturated carbocycles. The largest absolute Gasteiger partial charge is 0.493 e. The SMILES string of the molecule is COc1ccc(CNC(=O)C(C)(C)C(=O)NC2CCCC2)cc1OC. The predicted octanol–water partition coefficient (Wildman–Crippen LogP) is 2.40. The molecule has 1 aromatic rings. The maximum absolute atomic E-state index is 12.5. The average molecular weight is 348 g/mol. The highest BCUT2D eigenvalue weighted by Gasteiger charge is 2.37. The molecule has 2 amide bonds. The van der Waals surface area contributed by atoms with Crippen LogP contribution in [0.3, 0.4) is 0 Å². The lowest BCUT2D eigenvalue weighted by atomic mass is 9.90. The van der Waals surface area contributed by atoms with Gasteiger partial charge < -0.3 is 20.1 Å². The van der Waals surface area contributed by atoms with Crippen LogP contribution in [0.4, 0.5) is 0 Å². The first-order valence-corrected chi connectivity index (χ1v) is 8.68. The summed E-state index contributed by atoms with van der Waals surface area (Å²) in [5.41, 5.74) is -0.239. The lowest BCUT2D eigenvalue weighted by Gasteiger charge is -2.25. The minimum absolute atomic E-state index is 0.199. The van der Waals surface area contributed by atoms with Crippen LogP contribution in [0.2, 0.25) is 0 Å². The van der Waals surface area contributed by atoms with E-state index in [4.69, 9.17) is 9.47 Å². The number of ether oxygens (including phenoxy) is 2. The zero-order chi connectivity index (χ0) is 18.4. The van der Waals surface area contributed by atoms with Crippen molar-refractivity contribution in [3.8, 4) is 11.5 Å². The zero-order valence-electron chi connectivity index (χ0n) is 15.5. The maximum Gasteiger partial charge on any atom is 0.235 e. The highest BCUT2D eigenvalue weighted by molar-refractivity contribution is 6.04. The Morgan fingerprint density at radius 1 is 1.08 bits per heavy atom. The van der Waals surface area contributed by atoms with Crippen LogP contribution >= 0.6 is 0 Å². The van der Waals surface area contributed by atoms with E-state index in [1.807, 2.05) is 12.1 Å². The lowest BCUT2D eigenvalue weighted by Crippen LogP contribution is -2.49. The summed E-state index contributed by atoms with van der Waals surface area (Å²) in [4.78, 5) is 25.0. The standard InChI is InChI=1S/C19H28N2O4/c1-19(2,18(23)21-14-7-5-6-8-14)17(22)20-12-13-9-10-15(24-3)16(11-13)25-4/h9-11,14H,5-8,12H2,1-4H3,(H,20,22)(H,21,23). The van der Waals surface area contributed by atoms with Gasteiger partial charge in [-0.25, -0.2) is 0 Å². The molecule has 1 aliphatic carbocycles. The van der Waals surface area contributed by atoms with Gasteiger partial charge in [0.15, 0.2) is 11.5 Å². The van der Waals surface area contributed by atoms with Gasteiger partial charge in [0.1, 0.15) is 5.41 Å². The van der Waals surface area contributed by atoms with Crippen molar-refractivity contribution in [2.24, 2.45) is 5.41 Å². The van der Waals surface area contributed by atoms with Gasteiger partial charge in [0, 0.05) is 12.6 Å². The summed E-state index contributed by atoms with van der Waals surface area (Å²) in [7, 11) is 3.14. The van der Waals surface area contributed by atoms with Gasteiger partial charge in [0.2, 0.25) is 11.8 Å². The Bertz CT molecular complexity index is 622. The van der Waals surface area contributed by atoms with Crippen molar-refractivity contribution in [1.82, 2.24) is 10.6 Å². The van der Waals surface area contributed by atoms with E-state index in [-0.39, 0.29) is 17.9 Å². The molecule has 138 valence electrons. The average Bonchev–Trinajstić information content (AvgIpc) is 3.12. The normalized spacial score (nSPS) is 14.9. The third kappa shape index (κ3) is 4.65. The molecule has 6 heteroatoms. The van der Waals surface area contributed by atoms with E-state index in [0.29, 0.717) is 18.0 Å². The van der Waals surface area contributed by atoms with Gasteiger partial charge in [-0.15, -0.1) is 0 Å². The Kier molecular flexibility index (Phi) is 6.28. The monoisotopic (exact) mass is 348 g/mol. The molecule has 0 radical (unpaired) electrons. The molecular weight excluding hydrogens is 320 g/mol. The van der Waals surface area contributed by atoms with Crippen molar-refractivity contribution in [2.75, 3.05) is 14.2 Å². The zero-order valence-corrected chi connectivity index (χ0v) is 15.5. The van der Waals surface area contributed by atoms with E-state index in [2.05, 4.69) is 10.6 Å². The van der Waals surface area contributed by atoms with E-state index in [1.165, 1.54) is 0 Å². The number of methoxy groups -OCH3 is 2. The predicted molar refractivity (Wildman–Crippen MR) is 95.6 cm³/mol. The van der Waals surface area contributed by atoms with E-state index < -0.39 is 5.41 Å². The molecule has 6 nitrogen and oxygen atoms in total. The van der Waals surface area contributed by atoms with Crippen molar-refractivity contribution < 1.29 is 19.1 Å². The summed E-state index contributed by atoms with van der Waals surface area (Å²) in [5, 5.41) is 5.83. The number of rotatable bonds is 7. The van der Waals surface area contributed by atoms with Crippen LogP contribution in [-0.2, 0) is 16.1 Å². The molecule has 25 heavy (non-hydrogen) atoms. The van der Waals surface area contributed by atoms with E-state index in [1.54, 1.807) is 34.1 Å². The van der Waals surface area contributed by atoms with Gasteiger partial charge in [0.05, 0.1) is 14.2 Å². The summed E-state index contributed by atoms with van der Waals surface area (Å²) in [6.45, 7) is 3.63. The van der Waals surface area contributed by atoms with Gasteiger partial charge in [-0.1, -0.05) is 18.9 Å². The van der Waals surface area contributed by atoms with Crippen LogP contribution < -0.4 is 20.1 Å². The molecular formula is C19H28N2O4. The molecule has 1 fully saturated rings. The smallest absolute Gasteiger partial charge is 0.235 e. The molecule has 0 heterocycles. The second-order valence-electron chi connectivity index (χ2n) is 6.95. The van der Waals surface area contributed by atoms with E-state index in [0.717, 1.165) is 31.2 Å². The van der Waals surface area contributed by atoms with Crippen LogP contribution in [0.5, 0.6) is 11.5 Å². The number of benzene rings is 1. The molecule has 0 unspecified atom stereocenters. The Balaban J connectivity index is 1.94. The molecule has 1 aliphatic rings. The van der Waals surface area contributed by atoms with E-state index >= 15 is 0 Å². The Morgan fingerprint density at radius 2 is 1.72 bits per heavy atom. The number of carbonyl (C=O) groups is 2. The quantitative estimate of drug-likeness (QED) is 0.742. The van der Waals surface area contributed by atoms with E-state index in [9.17, 15) is 9.59 Å². The number of amides is 2. The topological polar surface area (TPSA) is 76.7 Å². The van der Waals surface area contributed by atoms with Crippen LogP contribution in [-0.4, -0.2) is 32.1 Å². The van der Waals surface area contributed by atoms with Crippen molar-refractivity contribution in [3.63, 3.8) is 0 Å². The minimum Gasteiger partial charge on any atom is -0.493 e. The van der Waals surface area contributed by atoms with Crippen molar-refractivity contribution >= 4 is 11.8 Å². The van der Waals surface area contributed by atoms with Crippen LogP contribution in [0, 0.1) is 5.41 Å². The lowest BCUT2D eigenvalue weighted by molar-refractivity contribution is -0.141. The van der Waals surface area contributed by atoms with Crippen LogP contribution in [0.15, 0.2) is 18.2 Å². The highest BCUT2D eigenvalue weighted by atomic mass is 16.5. The molecule has 2 N–H and O–H groups in total. The minimum atomic E-state index is -1.11. The number of nitrogens with one attached hydrogen (secondary N) is 2. The summed E-state index contributed by atoms with van der Waals surface area (Å²) in [6, 6.07) is 5.65. The first-order chi connectivity index (χ1) is 11.9. The molecule has 0 aromatic heterocycles. The molecule has 0 saturated heterocycles. The fraction of sp³-hybridized carbons (Fsp3) is 0.579. The number of hydrogen-bond donors (Lipinski definition) is 2. The van der Waals surface area contributed by atoms with Gasteiger partial charge in [-0.3, -0.25) is 9.59 Å². The number of hydrogen-bond acceptors (Lipinski definition) is 4. The fourth-order valence-corrected chi connectivity index (χ4v) is 2.93. The van der Waals surface area contributed by atoms with Gasteiger partial charge >= 0.3 is 0 Å². The summed E-state index contributed by atoms with van der Waals surface area (Å²) in [6.07, 6.45) is 4.26. The van der Waals surface area contributed by atoms with Crippen molar-refractivity contribution in [3.05, 3.63) is 23.8 Å². The Hall–Kier alpha value is -2.24. The van der Waals surface area contributed by atoms with Gasteiger partial charge in [-0.05, 0) is 44.4 Å². The second-order valence-corrected chi connectivity index (χ2v) is 6.95. The molecule has 0 aliphatic heterocycles. The molecule has 2 rings (SSSR count). The molecule has 0 atom stereocenters. The van der Waals surface area contributed by atoms with Crippen molar-refractivity contribution in [1.29, 1.82) is 0 Å². The second kappa shape index (κ2) is 8.23. The van der Waals surface area contributed by atoms with Gasteiger partial charge in [-0.2, -0.15) is 0 Å². The number of carbonyl (C=O) groups excluding carboxylic acids is 2. The van der Waals surface area contributed by atoms with Crippen LogP contribution in [0.1, 0.15) is 45.1 Å². The summed E-state index contributed by atoms with van der Waals surface area (Å²) < 4.78 is 10.5.